The van der Waals surface area contributed by atoms with E-state index in [4.69, 9.17) is 27.9 Å². The van der Waals surface area contributed by atoms with E-state index in [-0.39, 0.29) is 23.1 Å². The lowest BCUT2D eigenvalue weighted by molar-refractivity contribution is 0.411. The van der Waals surface area contributed by atoms with Crippen LogP contribution in [-0.2, 0) is 13.6 Å². The fourth-order valence-electron chi connectivity index (χ4n) is 2.38. The molecule has 0 atom stereocenters. The van der Waals surface area contributed by atoms with Crippen LogP contribution in [0.1, 0.15) is 31.2 Å². The number of hydrogen-bond donors (Lipinski definition) is 1. The number of ether oxygens (including phenoxy) is 1. The smallest absolute Gasteiger partial charge is 0.270 e. The highest BCUT2D eigenvalue weighted by Gasteiger charge is 2.15. The van der Waals surface area contributed by atoms with Gasteiger partial charge in [0.1, 0.15) is 0 Å². The van der Waals surface area contributed by atoms with Gasteiger partial charge in [0.05, 0.1) is 16.6 Å². The van der Waals surface area contributed by atoms with E-state index in [0.29, 0.717) is 33.7 Å². The third kappa shape index (κ3) is 4.40. The van der Waals surface area contributed by atoms with Gasteiger partial charge in [0.2, 0.25) is 12.3 Å². The predicted molar refractivity (Wildman–Crippen MR) is 102 cm³/mol. The molecule has 0 spiro atoms. The van der Waals surface area contributed by atoms with Crippen LogP contribution in [0.25, 0.3) is 0 Å². The third-order valence-electron chi connectivity index (χ3n) is 3.75. The second kappa shape index (κ2) is 7.98. The Hall–Kier alpha value is -2.58. The number of rotatable bonds is 6. The summed E-state index contributed by atoms with van der Waals surface area (Å²) in [6.07, 6.45) is 1.25. The maximum absolute atomic E-state index is 12.1. The number of anilines is 1. The van der Waals surface area contributed by atoms with Gasteiger partial charge in [-0.05, 0) is 18.1 Å². The Labute approximate surface area is 165 Å². The summed E-state index contributed by atoms with van der Waals surface area (Å²) >= 11 is 12.6. The number of aryl methyl sites for hydroxylation is 1. The summed E-state index contributed by atoms with van der Waals surface area (Å²) in [7, 11) is 1.56. The van der Waals surface area contributed by atoms with E-state index < -0.39 is 0 Å². The molecule has 0 aliphatic carbocycles. The monoisotopic (exact) mass is 409 g/mol. The fraction of sp³-hybridized carbons (Fsp3) is 0.294. The number of halogens is 2. The molecule has 0 fully saturated rings. The standard InChI is InChI=1S/C17H17Cl2N5O3/c1-9(2)11-6-15(22-24(3)17(11)25)27-16-12(18)4-10(5-13(16)19)20-7-14-21-8-26-23-14/h4-6,8-9,20H,7H2,1-3H3. The van der Waals surface area contributed by atoms with Gasteiger partial charge in [0.25, 0.3) is 5.56 Å². The molecule has 0 aliphatic rings. The van der Waals surface area contributed by atoms with Crippen LogP contribution in [0.4, 0.5) is 5.69 Å². The van der Waals surface area contributed by atoms with E-state index in [9.17, 15) is 4.79 Å². The van der Waals surface area contributed by atoms with Crippen molar-refractivity contribution in [1.82, 2.24) is 19.9 Å². The average Bonchev–Trinajstić information content (AvgIpc) is 3.12. The Morgan fingerprint density at radius 3 is 2.56 bits per heavy atom. The fourth-order valence-corrected chi connectivity index (χ4v) is 2.95. The molecule has 10 heteroatoms. The second-order valence-electron chi connectivity index (χ2n) is 6.09. The number of hydrogen-bond acceptors (Lipinski definition) is 7. The van der Waals surface area contributed by atoms with Crippen molar-refractivity contribution >= 4 is 28.9 Å². The van der Waals surface area contributed by atoms with Gasteiger partial charge < -0.3 is 14.6 Å². The molecule has 3 rings (SSSR count). The van der Waals surface area contributed by atoms with Gasteiger partial charge in [0.15, 0.2) is 11.6 Å². The molecule has 3 aromatic rings. The van der Waals surface area contributed by atoms with Gasteiger partial charge in [0, 0.05) is 24.4 Å². The number of aromatic nitrogens is 4. The number of nitrogens with one attached hydrogen (secondary N) is 1. The lowest BCUT2D eigenvalue weighted by Gasteiger charge is -2.13. The highest BCUT2D eigenvalue weighted by atomic mass is 35.5. The van der Waals surface area contributed by atoms with Gasteiger partial charge in [-0.15, -0.1) is 5.10 Å². The minimum atomic E-state index is -0.171. The maximum Gasteiger partial charge on any atom is 0.270 e. The molecule has 0 aliphatic heterocycles. The van der Waals surface area contributed by atoms with Gasteiger partial charge in [-0.3, -0.25) is 4.79 Å². The van der Waals surface area contributed by atoms with Crippen LogP contribution in [0.5, 0.6) is 11.6 Å². The van der Waals surface area contributed by atoms with Crippen molar-refractivity contribution in [3.8, 4) is 11.6 Å². The Kier molecular flexibility index (Phi) is 5.67. The molecular formula is C17H17Cl2N5O3. The van der Waals surface area contributed by atoms with E-state index in [0.717, 1.165) is 0 Å². The molecule has 0 saturated heterocycles. The Morgan fingerprint density at radius 1 is 1.26 bits per heavy atom. The predicted octanol–water partition coefficient (Wildman–Crippen LogP) is 4.00. The molecule has 142 valence electrons. The van der Waals surface area contributed by atoms with Crippen molar-refractivity contribution in [2.75, 3.05) is 5.32 Å². The summed E-state index contributed by atoms with van der Waals surface area (Å²) in [5.41, 5.74) is 1.09. The van der Waals surface area contributed by atoms with Crippen LogP contribution in [0, 0.1) is 0 Å². The van der Waals surface area contributed by atoms with Crippen molar-refractivity contribution in [2.24, 2.45) is 7.05 Å². The van der Waals surface area contributed by atoms with E-state index in [2.05, 4.69) is 25.1 Å². The molecule has 0 radical (unpaired) electrons. The van der Waals surface area contributed by atoms with E-state index in [1.54, 1.807) is 25.2 Å². The summed E-state index contributed by atoms with van der Waals surface area (Å²) in [5.74, 6) is 1.01. The van der Waals surface area contributed by atoms with Gasteiger partial charge in [-0.1, -0.05) is 42.2 Å². The van der Waals surface area contributed by atoms with Gasteiger partial charge in [-0.25, -0.2) is 4.68 Å². The van der Waals surface area contributed by atoms with Crippen molar-refractivity contribution in [3.63, 3.8) is 0 Å². The summed E-state index contributed by atoms with van der Waals surface area (Å²) < 4.78 is 11.7. The van der Waals surface area contributed by atoms with Crippen LogP contribution < -0.4 is 15.6 Å². The third-order valence-corrected chi connectivity index (χ3v) is 4.31. The number of nitrogens with zero attached hydrogens (tertiary/aromatic N) is 4. The molecule has 27 heavy (non-hydrogen) atoms. The lowest BCUT2D eigenvalue weighted by Crippen LogP contribution is -2.24. The van der Waals surface area contributed by atoms with Crippen molar-refractivity contribution in [2.45, 2.75) is 26.3 Å². The quantitative estimate of drug-likeness (QED) is 0.656. The summed E-state index contributed by atoms with van der Waals surface area (Å²) in [5, 5.41) is 11.5. The van der Waals surface area contributed by atoms with Crippen LogP contribution in [0.2, 0.25) is 10.0 Å². The van der Waals surface area contributed by atoms with Crippen LogP contribution in [-0.4, -0.2) is 19.9 Å². The molecule has 0 amide bonds. The molecule has 1 N–H and O–H groups in total. The van der Waals surface area contributed by atoms with Crippen LogP contribution >= 0.6 is 23.2 Å². The average molecular weight is 410 g/mol. The van der Waals surface area contributed by atoms with Gasteiger partial charge in [-0.2, -0.15) is 4.98 Å². The molecular weight excluding hydrogens is 393 g/mol. The number of benzene rings is 1. The molecule has 1 aromatic carbocycles. The Balaban J connectivity index is 1.84. The van der Waals surface area contributed by atoms with Gasteiger partial charge >= 0.3 is 0 Å². The highest BCUT2D eigenvalue weighted by molar-refractivity contribution is 6.37. The second-order valence-corrected chi connectivity index (χ2v) is 6.91. The van der Waals surface area contributed by atoms with Crippen LogP contribution in [0.3, 0.4) is 0 Å². The minimum absolute atomic E-state index is 0.0247. The van der Waals surface area contributed by atoms with Crippen molar-refractivity contribution in [3.05, 3.63) is 56.4 Å². The Bertz CT molecular complexity index is 979. The normalized spacial score (nSPS) is 11.0. The lowest BCUT2D eigenvalue weighted by atomic mass is 10.1. The zero-order valence-corrected chi connectivity index (χ0v) is 16.4. The van der Waals surface area contributed by atoms with Crippen molar-refractivity contribution < 1.29 is 9.26 Å². The Morgan fingerprint density at radius 2 is 1.96 bits per heavy atom. The minimum Gasteiger partial charge on any atom is -0.434 e. The highest BCUT2D eigenvalue weighted by Crippen LogP contribution is 2.38. The largest absolute Gasteiger partial charge is 0.434 e. The summed E-state index contributed by atoms with van der Waals surface area (Å²) in [6, 6.07) is 4.92. The summed E-state index contributed by atoms with van der Waals surface area (Å²) in [6.45, 7) is 4.19. The van der Waals surface area contributed by atoms with Crippen LogP contribution in [0.15, 0.2) is 33.9 Å². The molecule has 0 unspecified atom stereocenters. The molecule has 0 bridgehead atoms. The first-order valence-electron chi connectivity index (χ1n) is 8.09. The topological polar surface area (TPSA) is 95.1 Å². The van der Waals surface area contributed by atoms with E-state index in [1.165, 1.54) is 11.1 Å². The SMILES string of the molecule is CC(C)c1cc(Oc2c(Cl)cc(NCc3ncon3)cc2Cl)nn(C)c1=O. The molecule has 8 nitrogen and oxygen atoms in total. The maximum atomic E-state index is 12.1. The first kappa shape index (κ1) is 19.2. The molecule has 2 heterocycles. The first-order valence-corrected chi connectivity index (χ1v) is 8.85. The zero-order valence-electron chi connectivity index (χ0n) is 14.9. The molecule has 0 saturated carbocycles. The first-order chi connectivity index (χ1) is 12.8. The summed E-state index contributed by atoms with van der Waals surface area (Å²) in [4.78, 5) is 16.1. The molecule has 2 aromatic heterocycles. The van der Waals surface area contributed by atoms with E-state index >= 15 is 0 Å². The van der Waals surface area contributed by atoms with Crippen molar-refractivity contribution in [1.29, 1.82) is 0 Å². The van der Waals surface area contributed by atoms with E-state index in [1.807, 2.05) is 13.8 Å². The zero-order chi connectivity index (χ0) is 19.6.